The minimum Gasteiger partial charge on any atom is -0.328 e. The van der Waals surface area contributed by atoms with Crippen LogP contribution in [0.3, 0.4) is 0 Å². The molecule has 0 bridgehead atoms. The Morgan fingerprint density at radius 1 is 1.15 bits per heavy atom. The number of Topliss-reactive ketones (excluding diaryl/α,β-unsaturated/α-hetero) is 1. The maximum absolute atomic E-state index is 13.8. The molecule has 0 fully saturated rings. The quantitative estimate of drug-likeness (QED) is 0.759. The van der Waals surface area contributed by atoms with E-state index in [1.807, 2.05) is 6.92 Å². The van der Waals surface area contributed by atoms with Crippen LogP contribution in [0.4, 0.5) is 27.9 Å². The van der Waals surface area contributed by atoms with Crippen LogP contribution in [0.15, 0.2) is 29.5 Å². The van der Waals surface area contributed by atoms with E-state index in [-0.39, 0.29) is 35.2 Å². The van der Waals surface area contributed by atoms with Crippen molar-refractivity contribution in [3.63, 3.8) is 0 Å². The predicted molar refractivity (Wildman–Crippen MR) is 83.6 cm³/mol. The summed E-state index contributed by atoms with van der Waals surface area (Å²) in [6.07, 6.45) is -4.21. The van der Waals surface area contributed by atoms with Crippen LogP contribution in [-0.4, -0.2) is 20.5 Å². The van der Waals surface area contributed by atoms with E-state index in [0.717, 1.165) is 16.8 Å². The Labute approximate surface area is 149 Å². The summed E-state index contributed by atoms with van der Waals surface area (Å²) < 4.78 is 67.6. The number of halogens is 5. The van der Waals surface area contributed by atoms with Crippen molar-refractivity contribution in [1.82, 2.24) is 14.8 Å². The maximum atomic E-state index is 13.8. The number of anilines is 1. The molecule has 0 radical (unpaired) electrons. The van der Waals surface area contributed by atoms with E-state index in [9.17, 15) is 26.7 Å². The van der Waals surface area contributed by atoms with Crippen LogP contribution < -0.4 is 5.32 Å². The molecule has 1 aromatic carbocycles. The number of hydrogen-bond acceptors (Lipinski definition) is 4. The standard InChI is InChI=1S/C17H13F5N4O/c1-7-2-11-13(12(27)3-7)14(8-4-9(18)6-10(19)5-8)26-16(23-11)24-15(25-26)17(20,21)22/h4-7,14H,2-3H2,1H3,(H,23,24,25)/t7-,14-/m0/s1. The summed E-state index contributed by atoms with van der Waals surface area (Å²) in [7, 11) is 0. The second kappa shape index (κ2) is 5.86. The van der Waals surface area contributed by atoms with Crippen molar-refractivity contribution in [2.75, 3.05) is 5.32 Å². The number of aromatic nitrogens is 3. The van der Waals surface area contributed by atoms with Gasteiger partial charge in [-0.3, -0.25) is 4.79 Å². The average Bonchev–Trinajstić information content (AvgIpc) is 2.95. The first-order valence-electron chi connectivity index (χ1n) is 8.16. The number of alkyl halides is 3. The van der Waals surface area contributed by atoms with Crippen LogP contribution in [0, 0.1) is 17.6 Å². The third-order valence-corrected chi connectivity index (χ3v) is 4.58. The van der Waals surface area contributed by atoms with Crippen molar-refractivity contribution in [3.8, 4) is 0 Å². The fourth-order valence-corrected chi connectivity index (χ4v) is 3.57. The second-order valence-corrected chi connectivity index (χ2v) is 6.76. The zero-order chi connectivity index (χ0) is 19.5. The highest BCUT2D eigenvalue weighted by molar-refractivity contribution is 5.99. The van der Waals surface area contributed by atoms with Gasteiger partial charge in [-0.2, -0.15) is 18.2 Å². The number of nitrogens with one attached hydrogen (secondary N) is 1. The van der Waals surface area contributed by atoms with Crippen molar-refractivity contribution < 1.29 is 26.7 Å². The molecule has 2 aliphatic rings. The van der Waals surface area contributed by atoms with Gasteiger partial charge >= 0.3 is 6.18 Å². The molecule has 5 nitrogen and oxygen atoms in total. The van der Waals surface area contributed by atoms with Crippen LogP contribution in [0.5, 0.6) is 0 Å². The van der Waals surface area contributed by atoms with Gasteiger partial charge in [0, 0.05) is 23.8 Å². The van der Waals surface area contributed by atoms with Crippen molar-refractivity contribution in [3.05, 3.63) is 52.5 Å². The van der Waals surface area contributed by atoms with Crippen LogP contribution in [-0.2, 0) is 11.0 Å². The molecule has 1 aromatic heterocycles. The smallest absolute Gasteiger partial charge is 0.328 e. The second-order valence-electron chi connectivity index (χ2n) is 6.76. The van der Waals surface area contributed by atoms with E-state index in [2.05, 4.69) is 15.4 Å². The summed E-state index contributed by atoms with van der Waals surface area (Å²) in [5.74, 6) is -3.75. The van der Waals surface area contributed by atoms with E-state index in [0.29, 0.717) is 18.2 Å². The Morgan fingerprint density at radius 2 is 1.81 bits per heavy atom. The van der Waals surface area contributed by atoms with Crippen molar-refractivity contribution in [2.24, 2.45) is 5.92 Å². The molecule has 0 unspecified atom stereocenters. The molecule has 0 spiro atoms. The van der Waals surface area contributed by atoms with Gasteiger partial charge in [0.1, 0.15) is 17.7 Å². The summed E-state index contributed by atoms with van der Waals surface area (Å²) in [4.78, 5) is 16.1. The summed E-state index contributed by atoms with van der Waals surface area (Å²) in [6.45, 7) is 1.83. The normalized spacial score (nSPS) is 22.4. The summed E-state index contributed by atoms with van der Waals surface area (Å²) in [6, 6.07) is 1.42. The molecule has 1 aliphatic carbocycles. The Kier molecular flexibility index (Phi) is 3.83. The molecule has 2 heterocycles. The van der Waals surface area contributed by atoms with Gasteiger partial charge in [0.15, 0.2) is 5.78 Å². The topological polar surface area (TPSA) is 59.8 Å². The highest BCUT2D eigenvalue weighted by Crippen LogP contribution is 2.42. The minimum atomic E-state index is -4.80. The Balaban J connectivity index is 1.94. The molecule has 142 valence electrons. The Bertz CT molecular complexity index is 958. The third kappa shape index (κ3) is 2.98. The van der Waals surface area contributed by atoms with Gasteiger partial charge in [-0.25, -0.2) is 13.5 Å². The monoisotopic (exact) mass is 384 g/mol. The molecule has 4 rings (SSSR count). The van der Waals surface area contributed by atoms with Crippen molar-refractivity contribution in [1.29, 1.82) is 0 Å². The first kappa shape index (κ1) is 17.6. The van der Waals surface area contributed by atoms with Gasteiger partial charge in [0.25, 0.3) is 5.82 Å². The van der Waals surface area contributed by atoms with Crippen LogP contribution >= 0.6 is 0 Å². The maximum Gasteiger partial charge on any atom is 0.453 e. The number of carbonyl (C=O) groups is 1. The SMILES string of the molecule is C[C@@H]1CC(=O)C2=C(C1)Nc1nc(C(F)(F)F)nn1[C@H]2c1cc(F)cc(F)c1. The van der Waals surface area contributed by atoms with Crippen molar-refractivity contribution in [2.45, 2.75) is 32.0 Å². The Hall–Kier alpha value is -2.78. The van der Waals surface area contributed by atoms with Crippen LogP contribution in [0.25, 0.3) is 0 Å². The lowest BCUT2D eigenvalue weighted by atomic mass is 9.81. The Morgan fingerprint density at radius 3 is 2.44 bits per heavy atom. The number of carbonyl (C=O) groups excluding carboxylic acids is 1. The minimum absolute atomic E-state index is 0.00993. The number of nitrogens with zero attached hydrogens (tertiary/aromatic N) is 3. The lowest BCUT2D eigenvalue weighted by Crippen LogP contribution is -2.33. The zero-order valence-electron chi connectivity index (χ0n) is 13.9. The molecule has 27 heavy (non-hydrogen) atoms. The van der Waals surface area contributed by atoms with E-state index in [1.54, 1.807) is 0 Å². The number of hydrogen-bond donors (Lipinski definition) is 1. The molecule has 0 saturated heterocycles. The number of fused-ring (bicyclic) bond motifs is 1. The fourth-order valence-electron chi connectivity index (χ4n) is 3.57. The molecule has 2 aromatic rings. The van der Waals surface area contributed by atoms with E-state index < -0.39 is 29.7 Å². The molecule has 1 aliphatic heterocycles. The summed E-state index contributed by atoms with van der Waals surface area (Å²) in [5.41, 5.74) is 0.551. The van der Waals surface area contributed by atoms with Gasteiger partial charge < -0.3 is 5.32 Å². The molecule has 1 N–H and O–H groups in total. The van der Waals surface area contributed by atoms with Crippen LogP contribution in [0.2, 0.25) is 0 Å². The third-order valence-electron chi connectivity index (χ3n) is 4.58. The molecule has 10 heteroatoms. The summed E-state index contributed by atoms with van der Waals surface area (Å²) >= 11 is 0. The number of rotatable bonds is 1. The molecular weight excluding hydrogens is 371 g/mol. The summed E-state index contributed by atoms with van der Waals surface area (Å²) in [5, 5.41) is 6.21. The zero-order valence-corrected chi connectivity index (χ0v) is 13.9. The van der Waals surface area contributed by atoms with Crippen LogP contribution in [0.1, 0.15) is 37.2 Å². The van der Waals surface area contributed by atoms with E-state index in [4.69, 9.17) is 0 Å². The number of benzene rings is 1. The average molecular weight is 384 g/mol. The van der Waals surface area contributed by atoms with Gasteiger partial charge in [-0.05, 0) is 30.0 Å². The lowest BCUT2D eigenvalue weighted by molar-refractivity contribution is -0.145. The fraction of sp³-hybridized carbons (Fsp3) is 0.353. The van der Waals surface area contributed by atoms with E-state index in [1.165, 1.54) is 0 Å². The lowest BCUT2D eigenvalue weighted by Gasteiger charge is -2.34. The molecule has 2 atom stereocenters. The highest BCUT2D eigenvalue weighted by atomic mass is 19.4. The molecular formula is C17H13F5N4O. The number of allylic oxidation sites excluding steroid dienone is 2. The first-order valence-corrected chi connectivity index (χ1v) is 8.16. The predicted octanol–water partition coefficient (Wildman–Crippen LogP) is 3.84. The number of ketones is 1. The van der Waals surface area contributed by atoms with Gasteiger partial charge in [0.05, 0.1) is 0 Å². The first-order chi connectivity index (χ1) is 12.6. The van der Waals surface area contributed by atoms with Crippen molar-refractivity contribution >= 4 is 11.7 Å². The van der Waals surface area contributed by atoms with Gasteiger partial charge in [-0.1, -0.05) is 6.92 Å². The largest absolute Gasteiger partial charge is 0.453 e. The molecule has 0 amide bonds. The van der Waals surface area contributed by atoms with Gasteiger partial charge in [0.2, 0.25) is 5.95 Å². The molecule has 0 saturated carbocycles. The highest BCUT2D eigenvalue weighted by Gasteiger charge is 2.43. The van der Waals surface area contributed by atoms with Gasteiger partial charge in [-0.15, -0.1) is 5.10 Å². The van der Waals surface area contributed by atoms with E-state index >= 15 is 0 Å².